The first-order chi connectivity index (χ1) is 13.5. The highest BCUT2D eigenvalue weighted by molar-refractivity contribution is 5.94. The van der Waals surface area contributed by atoms with Crippen LogP contribution in [0, 0.1) is 26.7 Å². The normalized spacial score (nSPS) is 16.5. The van der Waals surface area contributed by atoms with Crippen LogP contribution in [-0.2, 0) is 6.42 Å². The fourth-order valence-corrected chi connectivity index (χ4v) is 3.84. The van der Waals surface area contributed by atoms with E-state index in [-0.39, 0.29) is 5.91 Å². The molecule has 4 heterocycles. The fourth-order valence-electron chi connectivity index (χ4n) is 3.84. The van der Waals surface area contributed by atoms with E-state index in [2.05, 4.69) is 16.2 Å². The summed E-state index contributed by atoms with van der Waals surface area (Å²) < 4.78 is 5.27. The second-order valence-electron chi connectivity index (χ2n) is 7.51. The van der Waals surface area contributed by atoms with E-state index in [1.54, 1.807) is 6.20 Å². The maximum atomic E-state index is 12.7. The molecule has 0 N–H and O–H groups in total. The van der Waals surface area contributed by atoms with Gasteiger partial charge in [0.25, 0.3) is 5.91 Å². The van der Waals surface area contributed by atoms with E-state index >= 15 is 0 Å². The van der Waals surface area contributed by atoms with Gasteiger partial charge in [0.05, 0.1) is 22.5 Å². The average molecular weight is 376 g/mol. The van der Waals surface area contributed by atoms with E-state index in [1.165, 1.54) is 0 Å². The third-order valence-electron chi connectivity index (χ3n) is 5.33. The Labute approximate surface area is 164 Å². The second kappa shape index (κ2) is 7.54. The molecule has 0 spiro atoms. The molecule has 1 saturated heterocycles. The van der Waals surface area contributed by atoms with Crippen molar-refractivity contribution in [2.24, 2.45) is 5.92 Å². The maximum Gasteiger partial charge on any atom is 0.255 e. The summed E-state index contributed by atoms with van der Waals surface area (Å²) >= 11 is 0. The molecule has 6 nitrogen and oxygen atoms in total. The van der Waals surface area contributed by atoms with Gasteiger partial charge < -0.3 is 9.42 Å². The Morgan fingerprint density at radius 2 is 2.07 bits per heavy atom. The zero-order valence-electron chi connectivity index (χ0n) is 16.5. The van der Waals surface area contributed by atoms with Gasteiger partial charge in [0.2, 0.25) is 0 Å². The van der Waals surface area contributed by atoms with Crippen LogP contribution < -0.4 is 0 Å². The fraction of sp³-hybridized carbons (Fsp3) is 0.364. The summed E-state index contributed by atoms with van der Waals surface area (Å²) in [5.74, 6) is 1.26. The minimum absolute atomic E-state index is 0.0624. The zero-order chi connectivity index (χ0) is 19.7. The van der Waals surface area contributed by atoms with Gasteiger partial charge in [0.1, 0.15) is 5.76 Å². The minimum Gasteiger partial charge on any atom is -0.361 e. The van der Waals surface area contributed by atoms with E-state index in [1.807, 2.05) is 49.9 Å². The molecule has 0 bridgehead atoms. The molecule has 144 valence electrons. The number of hydrogen-bond acceptors (Lipinski definition) is 5. The monoisotopic (exact) mass is 376 g/mol. The number of nitrogens with zero attached hydrogens (tertiary/aromatic N) is 4. The van der Waals surface area contributed by atoms with Crippen LogP contribution in [0.3, 0.4) is 0 Å². The van der Waals surface area contributed by atoms with Crippen molar-refractivity contribution in [2.45, 2.75) is 33.6 Å². The highest BCUT2D eigenvalue weighted by atomic mass is 16.5. The number of pyridine rings is 2. The molecule has 1 aliphatic heterocycles. The molecule has 0 aliphatic carbocycles. The lowest BCUT2D eigenvalue weighted by Crippen LogP contribution is -2.29. The Kier molecular flexibility index (Phi) is 4.94. The van der Waals surface area contributed by atoms with Crippen LogP contribution in [-0.4, -0.2) is 39.0 Å². The number of rotatable bonds is 4. The Balaban J connectivity index is 1.44. The molecule has 28 heavy (non-hydrogen) atoms. The third-order valence-corrected chi connectivity index (χ3v) is 5.33. The molecule has 0 aromatic carbocycles. The topological polar surface area (TPSA) is 72.1 Å². The summed E-state index contributed by atoms with van der Waals surface area (Å²) in [6.45, 7) is 7.29. The summed E-state index contributed by atoms with van der Waals surface area (Å²) in [4.78, 5) is 23.7. The summed E-state index contributed by atoms with van der Waals surface area (Å²) in [5, 5.41) is 4.02. The minimum atomic E-state index is 0.0624. The van der Waals surface area contributed by atoms with Crippen LogP contribution in [0.4, 0.5) is 0 Å². The number of amides is 1. The lowest BCUT2D eigenvalue weighted by molar-refractivity contribution is 0.0786. The summed E-state index contributed by atoms with van der Waals surface area (Å²) in [7, 11) is 0. The smallest absolute Gasteiger partial charge is 0.255 e. The first kappa shape index (κ1) is 18.3. The molecule has 1 fully saturated rings. The van der Waals surface area contributed by atoms with Gasteiger partial charge in [0, 0.05) is 30.7 Å². The molecule has 1 atom stereocenters. The molecular formula is C22H24N4O2. The van der Waals surface area contributed by atoms with Crippen LogP contribution >= 0.6 is 0 Å². The van der Waals surface area contributed by atoms with Crippen molar-refractivity contribution in [1.82, 2.24) is 20.0 Å². The number of carbonyl (C=O) groups is 1. The van der Waals surface area contributed by atoms with Crippen molar-refractivity contribution in [3.63, 3.8) is 0 Å². The zero-order valence-corrected chi connectivity index (χ0v) is 16.5. The lowest BCUT2D eigenvalue weighted by atomic mass is 10.0. The van der Waals surface area contributed by atoms with Crippen molar-refractivity contribution in [2.75, 3.05) is 13.1 Å². The maximum absolute atomic E-state index is 12.7. The quantitative estimate of drug-likeness (QED) is 0.693. The van der Waals surface area contributed by atoms with Gasteiger partial charge in [-0.1, -0.05) is 11.2 Å². The number of likely N-dealkylation sites (tertiary alicyclic amines) is 1. The van der Waals surface area contributed by atoms with Gasteiger partial charge in [0.15, 0.2) is 0 Å². The van der Waals surface area contributed by atoms with E-state index < -0.39 is 0 Å². The van der Waals surface area contributed by atoms with Crippen LogP contribution in [0.25, 0.3) is 11.3 Å². The number of carbonyl (C=O) groups excluding carboxylic acids is 1. The Bertz CT molecular complexity index is 975. The predicted octanol–water partition coefficient (Wildman–Crippen LogP) is 3.76. The van der Waals surface area contributed by atoms with Crippen molar-refractivity contribution < 1.29 is 9.32 Å². The molecular weight excluding hydrogens is 352 g/mol. The van der Waals surface area contributed by atoms with Gasteiger partial charge in [-0.2, -0.15) is 0 Å². The third kappa shape index (κ3) is 3.67. The largest absolute Gasteiger partial charge is 0.361 e. The Morgan fingerprint density at radius 3 is 2.79 bits per heavy atom. The molecule has 0 radical (unpaired) electrons. The van der Waals surface area contributed by atoms with Crippen LogP contribution in [0.5, 0.6) is 0 Å². The van der Waals surface area contributed by atoms with Gasteiger partial charge in [-0.15, -0.1) is 0 Å². The van der Waals surface area contributed by atoms with E-state index in [0.717, 1.165) is 60.0 Å². The number of aryl methyl sites for hydroxylation is 3. The lowest BCUT2D eigenvalue weighted by Gasteiger charge is -2.16. The second-order valence-corrected chi connectivity index (χ2v) is 7.51. The summed E-state index contributed by atoms with van der Waals surface area (Å²) in [6.07, 6.45) is 3.51. The van der Waals surface area contributed by atoms with Gasteiger partial charge in [-0.25, -0.2) is 0 Å². The Morgan fingerprint density at radius 1 is 1.21 bits per heavy atom. The first-order valence-corrected chi connectivity index (χ1v) is 9.62. The molecule has 1 unspecified atom stereocenters. The van der Waals surface area contributed by atoms with Crippen molar-refractivity contribution in [1.29, 1.82) is 0 Å². The molecule has 1 amide bonds. The van der Waals surface area contributed by atoms with Crippen molar-refractivity contribution >= 4 is 5.91 Å². The predicted molar refractivity (Wildman–Crippen MR) is 106 cm³/mol. The summed E-state index contributed by atoms with van der Waals surface area (Å²) in [5.41, 5.74) is 5.33. The van der Waals surface area contributed by atoms with Crippen molar-refractivity contribution in [3.8, 4) is 11.3 Å². The van der Waals surface area contributed by atoms with Gasteiger partial charge in [-0.3, -0.25) is 14.8 Å². The van der Waals surface area contributed by atoms with Crippen LogP contribution in [0.1, 0.15) is 39.6 Å². The van der Waals surface area contributed by atoms with E-state index in [0.29, 0.717) is 11.5 Å². The highest BCUT2D eigenvalue weighted by Crippen LogP contribution is 2.27. The molecule has 6 heteroatoms. The van der Waals surface area contributed by atoms with E-state index in [9.17, 15) is 4.79 Å². The highest BCUT2D eigenvalue weighted by Gasteiger charge is 2.27. The molecule has 3 aromatic rings. The SMILES string of the molecule is Cc1ccc(C(=O)N2CCC(Cc3cccc(-c4c(C)noc4C)n3)C2)cn1. The summed E-state index contributed by atoms with van der Waals surface area (Å²) in [6, 6.07) is 9.80. The Hall–Kier alpha value is -3.02. The van der Waals surface area contributed by atoms with Gasteiger partial charge >= 0.3 is 0 Å². The number of hydrogen-bond donors (Lipinski definition) is 0. The molecule has 1 aliphatic rings. The number of aromatic nitrogens is 3. The molecule has 0 saturated carbocycles. The molecule has 3 aromatic heterocycles. The van der Waals surface area contributed by atoms with Crippen LogP contribution in [0.2, 0.25) is 0 Å². The average Bonchev–Trinajstić information content (AvgIpc) is 3.28. The van der Waals surface area contributed by atoms with Crippen LogP contribution in [0.15, 0.2) is 41.1 Å². The van der Waals surface area contributed by atoms with Crippen molar-refractivity contribution in [3.05, 3.63) is 64.9 Å². The van der Waals surface area contributed by atoms with Gasteiger partial charge in [-0.05, 0) is 63.8 Å². The first-order valence-electron chi connectivity index (χ1n) is 9.62. The van der Waals surface area contributed by atoms with E-state index in [4.69, 9.17) is 9.51 Å². The standard InChI is InChI=1S/C22H24N4O2/c1-14-7-8-18(12-23-14)22(27)26-10-9-17(13-26)11-19-5-4-6-20(24-19)21-15(2)25-28-16(21)3/h4-8,12,17H,9-11,13H2,1-3H3. The molecule has 4 rings (SSSR count).